The second-order valence-corrected chi connectivity index (χ2v) is 9.00. The van der Waals surface area contributed by atoms with E-state index in [1.807, 2.05) is 0 Å². The van der Waals surface area contributed by atoms with Crippen LogP contribution in [0.2, 0.25) is 0 Å². The summed E-state index contributed by atoms with van der Waals surface area (Å²) in [5.41, 5.74) is 0. The van der Waals surface area contributed by atoms with Crippen molar-refractivity contribution < 1.29 is 21.4 Å². The third-order valence-corrected chi connectivity index (χ3v) is 5.83. The Hall–Kier alpha value is 0.170. The highest BCUT2D eigenvalue weighted by Crippen LogP contribution is 2.12. The normalized spacial score (nSPS) is 25.5. The van der Waals surface area contributed by atoms with Gasteiger partial charge < -0.3 is 5.32 Å². The van der Waals surface area contributed by atoms with Gasteiger partial charge in [0.1, 0.15) is 0 Å². The fourth-order valence-corrected chi connectivity index (χ4v) is 4.37. The minimum absolute atomic E-state index is 0.0861. The van der Waals surface area contributed by atoms with Crippen molar-refractivity contribution in [1.82, 2.24) is 5.32 Å². The summed E-state index contributed by atoms with van der Waals surface area (Å²) in [6.07, 6.45) is 0.568. The van der Waals surface area contributed by atoms with Gasteiger partial charge in [0, 0.05) is 18.3 Å². The second-order valence-electron chi connectivity index (χ2n) is 3.30. The fourth-order valence-electron chi connectivity index (χ4n) is 1.37. The van der Waals surface area contributed by atoms with Crippen LogP contribution in [0.25, 0.3) is 0 Å². The monoisotopic (exact) mass is 275 g/mol. The molecule has 0 spiro atoms. The Balaban J connectivity index is 2.18. The van der Waals surface area contributed by atoms with Crippen LogP contribution in [0.1, 0.15) is 6.42 Å². The van der Waals surface area contributed by atoms with Gasteiger partial charge in [-0.15, -0.1) is 0 Å². The Morgan fingerprint density at radius 2 is 2.13 bits per heavy atom. The van der Waals surface area contributed by atoms with E-state index in [9.17, 15) is 16.8 Å². The molecule has 1 atom stereocenters. The van der Waals surface area contributed by atoms with Crippen LogP contribution in [-0.2, 0) is 19.0 Å². The lowest BCUT2D eigenvalue weighted by atomic mass is 10.3. The van der Waals surface area contributed by atoms with E-state index < -0.39 is 19.0 Å². The average molecular weight is 275 g/mol. The molecule has 0 aromatic carbocycles. The summed E-state index contributed by atoms with van der Waals surface area (Å²) in [6, 6.07) is -0.0861. The Morgan fingerprint density at radius 1 is 1.47 bits per heavy atom. The van der Waals surface area contributed by atoms with Gasteiger partial charge in [-0.25, -0.2) is 8.42 Å². The van der Waals surface area contributed by atoms with Gasteiger partial charge in [0.2, 0.25) is 0 Å². The molecular formula is C6H13NO5S3. The molecule has 1 rings (SSSR count). The van der Waals surface area contributed by atoms with Crippen molar-refractivity contribution in [3.63, 3.8) is 0 Å². The zero-order valence-corrected chi connectivity index (χ0v) is 10.4. The predicted octanol–water partition coefficient (Wildman–Crippen LogP) is -0.701. The van der Waals surface area contributed by atoms with E-state index in [1.54, 1.807) is 0 Å². The molecule has 1 fully saturated rings. The van der Waals surface area contributed by atoms with Crippen LogP contribution in [-0.4, -0.2) is 51.2 Å². The van der Waals surface area contributed by atoms with Gasteiger partial charge in [0.25, 0.3) is 0 Å². The molecular weight excluding hydrogens is 262 g/mol. The van der Waals surface area contributed by atoms with Gasteiger partial charge in [-0.05, 0) is 17.2 Å². The van der Waals surface area contributed by atoms with E-state index in [4.69, 9.17) is 4.55 Å². The zero-order valence-electron chi connectivity index (χ0n) is 7.92. The maximum Gasteiger partial charge on any atom is 0.319 e. The van der Waals surface area contributed by atoms with E-state index in [1.165, 1.54) is 0 Å². The molecule has 15 heavy (non-hydrogen) atoms. The Morgan fingerprint density at radius 3 is 2.60 bits per heavy atom. The van der Waals surface area contributed by atoms with Crippen LogP contribution in [0.5, 0.6) is 0 Å². The number of hydrogen-bond acceptors (Lipinski definition) is 6. The smallest absolute Gasteiger partial charge is 0.312 e. The summed E-state index contributed by atoms with van der Waals surface area (Å²) in [5, 5.41) is 2.93. The minimum Gasteiger partial charge on any atom is -0.312 e. The van der Waals surface area contributed by atoms with Crippen molar-refractivity contribution in [2.75, 3.05) is 23.8 Å². The van der Waals surface area contributed by atoms with Crippen LogP contribution >= 0.6 is 10.8 Å². The van der Waals surface area contributed by atoms with Gasteiger partial charge in [-0.1, -0.05) is 0 Å². The molecule has 0 saturated carbocycles. The summed E-state index contributed by atoms with van der Waals surface area (Å²) >= 11 is 0. The van der Waals surface area contributed by atoms with Crippen LogP contribution in [0, 0.1) is 0 Å². The Labute approximate surface area is 92.9 Å². The molecule has 1 heterocycles. The SMILES string of the molecule is O=S1(=O)CC[C@H](NCCSS(=O)(=O)O)C1. The first-order chi connectivity index (χ1) is 6.79. The van der Waals surface area contributed by atoms with Crippen LogP contribution in [0.4, 0.5) is 0 Å². The molecule has 0 bridgehead atoms. The zero-order chi connectivity index (χ0) is 11.5. The molecule has 0 radical (unpaired) electrons. The number of sulfone groups is 1. The molecule has 0 amide bonds. The molecule has 6 nitrogen and oxygen atoms in total. The van der Waals surface area contributed by atoms with Crippen molar-refractivity contribution in [1.29, 1.82) is 0 Å². The number of nitrogens with one attached hydrogen (secondary N) is 1. The molecule has 0 unspecified atom stereocenters. The predicted molar refractivity (Wildman–Crippen MR) is 59.1 cm³/mol. The lowest BCUT2D eigenvalue weighted by Crippen LogP contribution is -2.31. The highest BCUT2D eigenvalue weighted by Gasteiger charge is 2.27. The van der Waals surface area contributed by atoms with Crippen molar-refractivity contribution in [2.45, 2.75) is 12.5 Å². The summed E-state index contributed by atoms with van der Waals surface area (Å²) in [4.78, 5) is 0. The van der Waals surface area contributed by atoms with Gasteiger partial charge in [-0.3, -0.25) is 4.55 Å². The second kappa shape index (κ2) is 5.00. The Kier molecular flexibility index (Phi) is 4.41. The number of hydrogen-bond donors (Lipinski definition) is 2. The lowest BCUT2D eigenvalue weighted by molar-refractivity contribution is 0.502. The highest BCUT2D eigenvalue weighted by molar-refractivity contribution is 8.69. The molecule has 1 saturated heterocycles. The van der Waals surface area contributed by atoms with Crippen molar-refractivity contribution in [3.8, 4) is 0 Å². The van der Waals surface area contributed by atoms with E-state index in [0.29, 0.717) is 23.8 Å². The van der Waals surface area contributed by atoms with E-state index in [2.05, 4.69) is 5.32 Å². The summed E-state index contributed by atoms with van der Waals surface area (Å²) in [7, 11) is -6.45. The van der Waals surface area contributed by atoms with Crippen molar-refractivity contribution in [2.24, 2.45) is 0 Å². The van der Waals surface area contributed by atoms with Crippen LogP contribution in [0.3, 0.4) is 0 Å². The maximum atomic E-state index is 11.1. The standard InChI is InChI=1S/C6H13NO5S3/c8-14(9)4-1-6(5-14)7-2-3-13-15(10,11)12/h6-7H,1-5H2,(H,10,11,12)/t6-/m0/s1. The van der Waals surface area contributed by atoms with E-state index in [0.717, 1.165) is 0 Å². The van der Waals surface area contributed by atoms with E-state index >= 15 is 0 Å². The van der Waals surface area contributed by atoms with Gasteiger partial charge in [-0.2, -0.15) is 8.42 Å². The molecule has 9 heteroatoms. The third kappa shape index (κ3) is 5.71. The lowest BCUT2D eigenvalue weighted by Gasteiger charge is -2.08. The van der Waals surface area contributed by atoms with Crippen molar-refractivity contribution in [3.05, 3.63) is 0 Å². The summed E-state index contributed by atoms with van der Waals surface area (Å²) < 4.78 is 51.2. The Bertz CT molecular complexity index is 400. The third-order valence-electron chi connectivity index (χ3n) is 2.00. The highest BCUT2D eigenvalue weighted by atomic mass is 33.1. The fraction of sp³-hybridized carbons (Fsp3) is 1.00. The maximum absolute atomic E-state index is 11.1. The molecule has 90 valence electrons. The summed E-state index contributed by atoms with van der Waals surface area (Å²) in [6.45, 7) is 0.366. The van der Waals surface area contributed by atoms with Crippen LogP contribution < -0.4 is 5.32 Å². The molecule has 1 aliphatic rings. The largest absolute Gasteiger partial charge is 0.319 e. The van der Waals surface area contributed by atoms with E-state index in [-0.39, 0.29) is 23.3 Å². The summed E-state index contributed by atoms with van der Waals surface area (Å²) in [5.74, 6) is 0.509. The van der Waals surface area contributed by atoms with Crippen LogP contribution in [0.15, 0.2) is 0 Å². The first-order valence-electron chi connectivity index (χ1n) is 4.34. The quantitative estimate of drug-likeness (QED) is 0.388. The first-order valence-corrected chi connectivity index (χ1v) is 9.10. The minimum atomic E-state index is -3.98. The average Bonchev–Trinajstić information content (AvgIpc) is 2.38. The molecule has 1 aliphatic heterocycles. The molecule has 2 N–H and O–H groups in total. The van der Waals surface area contributed by atoms with Crippen molar-refractivity contribution >= 4 is 29.8 Å². The number of rotatable bonds is 5. The van der Waals surface area contributed by atoms with Gasteiger partial charge >= 0.3 is 9.15 Å². The molecule has 0 aliphatic carbocycles. The topological polar surface area (TPSA) is 101 Å². The van der Waals surface area contributed by atoms with Gasteiger partial charge in [0.15, 0.2) is 9.84 Å². The van der Waals surface area contributed by atoms with Gasteiger partial charge in [0.05, 0.1) is 11.5 Å². The molecule has 0 aromatic heterocycles. The molecule has 0 aromatic rings. The first kappa shape index (κ1) is 13.2.